The number of hydrogen-bond acceptors (Lipinski definition) is 4. The van der Waals surface area contributed by atoms with Gasteiger partial charge in [-0.25, -0.2) is 4.39 Å². The standard InChI is InChI=1S/C22H18F3N3O4.C2H6/c23-16-4-2-1-3-15(16)22(24,25)21(32)26-10-12-5-6-14-13(9-12)11-28(20(14)31)17-7-8-18(29)27-19(17)30;1-2/h1-6,9,17H,7-8,10-11H2,(H,26,32)(H,27,29,30);1-2H3. The molecule has 180 valence electrons. The van der Waals surface area contributed by atoms with Crippen LogP contribution in [0.4, 0.5) is 13.2 Å². The molecule has 1 saturated heterocycles. The quantitative estimate of drug-likeness (QED) is 0.650. The largest absolute Gasteiger partial charge is 0.352 e. The lowest BCUT2D eigenvalue weighted by Crippen LogP contribution is -2.52. The molecule has 0 saturated carbocycles. The van der Waals surface area contributed by atoms with Gasteiger partial charge >= 0.3 is 5.92 Å². The van der Waals surface area contributed by atoms with Crippen LogP contribution in [0.25, 0.3) is 0 Å². The van der Waals surface area contributed by atoms with Crippen LogP contribution in [-0.2, 0) is 33.4 Å². The van der Waals surface area contributed by atoms with Crippen LogP contribution >= 0.6 is 0 Å². The summed E-state index contributed by atoms with van der Waals surface area (Å²) in [5.41, 5.74) is 0.380. The van der Waals surface area contributed by atoms with Gasteiger partial charge in [0.25, 0.3) is 11.8 Å². The van der Waals surface area contributed by atoms with E-state index in [0.717, 1.165) is 12.1 Å². The monoisotopic (exact) mass is 475 g/mol. The zero-order valence-electron chi connectivity index (χ0n) is 18.7. The third-order valence-electron chi connectivity index (χ3n) is 5.54. The predicted octanol–water partition coefficient (Wildman–Crippen LogP) is 3.02. The molecule has 1 atom stereocenters. The second-order valence-electron chi connectivity index (χ2n) is 7.63. The molecule has 0 bridgehead atoms. The number of nitrogens with zero attached hydrogens (tertiary/aromatic N) is 1. The third kappa shape index (κ3) is 4.80. The lowest BCUT2D eigenvalue weighted by Gasteiger charge is -2.29. The normalized spacial score (nSPS) is 17.5. The number of nitrogens with one attached hydrogen (secondary N) is 2. The maximum atomic E-state index is 14.3. The molecule has 4 amide bonds. The smallest absolute Gasteiger partial charge is 0.346 e. The van der Waals surface area contributed by atoms with Crippen LogP contribution in [0.15, 0.2) is 42.5 Å². The highest BCUT2D eigenvalue weighted by molar-refractivity contribution is 6.05. The number of hydrogen-bond donors (Lipinski definition) is 2. The fourth-order valence-corrected chi connectivity index (χ4v) is 3.87. The van der Waals surface area contributed by atoms with Gasteiger partial charge in [-0.15, -0.1) is 0 Å². The van der Waals surface area contributed by atoms with Crippen molar-refractivity contribution in [2.75, 3.05) is 0 Å². The van der Waals surface area contributed by atoms with Crippen LogP contribution in [0.2, 0.25) is 0 Å². The maximum Gasteiger partial charge on any atom is 0.352 e. The maximum absolute atomic E-state index is 14.3. The summed E-state index contributed by atoms with van der Waals surface area (Å²) in [5, 5.41) is 4.31. The van der Waals surface area contributed by atoms with Crippen molar-refractivity contribution in [3.63, 3.8) is 0 Å². The van der Waals surface area contributed by atoms with E-state index in [0.29, 0.717) is 16.7 Å². The molecule has 1 fully saturated rings. The first-order valence-electron chi connectivity index (χ1n) is 10.9. The van der Waals surface area contributed by atoms with Crippen molar-refractivity contribution in [1.29, 1.82) is 0 Å². The third-order valence-corrected chi connectivity index (χ3v) is 5.54. The van der Waals surface area contributed by atoms with E-state index < -0.39 is 35.2 Å². The molecule has 7 nitrogen and oxygen atoms in total. The Hall–Kier alpha value is -3.69. The number of halogens is 3. The summed E-state index contributed by atoms with van der Waals surface area (Å²) >= 11 is 0. The first-order chi connectivity index (χ1) is 16.2. The number of imide groups is 1. The van der Waals surface area contributed by atoms with E-state index in [-0.39, 0.29) is 37.7 Å². The Balaban J connectivity index is 0.00000158. The number of fused-ring (bicyclic) bond motifs is 1. The molecule has 2 aliphatic heterocycles. The zero-order valence-corrected chi connectivity index (χ0v) is 18.7. The van der Waals surface area contributed by atoms with E-state index in [1.807, 2.05) is 13.8 Å². The highest BCUT2D eigenvalue weighted by atomic mass is 19.3. The second-order valence-corrected chi connectivity index (χ2v) is 7.63. The van der Waals surface area contributed by atoms with E-state index in [2.05, 4.69) is 10.6 Å². The van der Waals surface area contributed by atoms with Crippen molar-refractivity contribution in [3.05, 3.63) is 70.5 Å². The molecule has 0 spiro atoms. The highest BCUT2D eigenvalue weighted by Crippen LogP contribution is 2.31. The fraction of sp³-hybridized carbons (Fsp3) is 0.333. The molecule has 2 heterocycles. The van der Waals surface area contributed by atoms with Crippen molar-refractivity contribution < 1.29 is 32.3 Å². The van der Waals surface area contributed by atoms with Crippen LogP contribution < -0.4 is 10.6 Å². The lowest BCUT2D eigenvalue weighted by molar-refractivity contribution is -0.147. The molecule has 2 aliphatic rings. The number of carbonyl (C=O) groups excluding carboxylic acids is 4. The lowest BCUT2D eigenvalue weighted by atomic mass is 10.0. The minimum Gasteiger partial charge on any atom is -0.346 e. The van der Waals surface area contributed by atoms with Gasteiger partial charge in [0.15, 0.2) is 0 Å². The Morgan fingerprint density at radius 3 is 2.53 bits per heavy atom. The Bertz CT molecular complexity index is 1140. The summed E-state index contributed by atoms with van der Waals surface area (Å²) in [5.74, 6) is -8.18. The topological polar surface area (TPSA) is 95.6 Å². The highest BCUT2D eigenvalue weighted by Gasteiger charge is 2.43. The molecule has 34 heavy (non-hydrogen) atoms. The first-order valence-corrected chi connectivity index (χ1v) is 10.9. The van der Waals surface area contributed by atoms with Crippen molar-refractivity contribution in [2.45, 2.75) is 51.7 Å². The molecule has 2 N–H and O–H groups in total. The Morgan fingerprint density at radius 1 is 1.15 bits per heavy atom. The van der Waals surface area contributed by atoms with Crippen LogP contribution in [-0.4, -0.2) is 34.6 Å². The Kier molecular flexibility index (Phi) is 7.38. The van der Waals surface area contributed by atoms with E-state index in [4.69, 9.17) is 0 Å². The number of amides is 4. The molecule has 2 aromatic rings. The van der Waals surface area contributed by atoms with Gasteiger partial charge in [-0.05, 0) is 35.7 Å². The molecule has 1 unspecified atom stereocenters. The van der Waals surface area contributed by atoms with Crippen LogP contribution in [0.1, 0.15) is 53.7 Å². The van der Waals surface area contributed by atoms with Crippen LogP contribution in [0.5, 0.6) is 0 Å². The van der Waals surface area contributed by atoms with Gasteiger partial charge in [-0.2, -0.15) is 8.78 Å². The SMILES string of the molecule is CC.O=C1CCC(N2Cc3cc(CNC(=O)C(F)(F)c4ccccc4F)ccc3C2=O)C(=O)N1. The van der Waals surface area contributed by atoms with E-state index in [9.17, 15) is 32.3 Å². The Morgan fingerprint density at radius 2 is 1.85 bits per heavy atom. The van der Waals surface area contributed by atoms with E-state index >= 15 is 0 Å². The summed E-state index contributed by atoms with van der Waals surface area (Å²) in [4.78, 5) is 49.5. The summed E-state index contributed by atoms with van der Waals surface area (Å²) in [7, 11) is 0. The van der Waals surface area contributed by atoms with Gasteiger partial charge in [-0.3, -0.25) is 24.5 Å². The van der Waals surface area contributed by atoms with Gasteiger partial charge in [0.2, 0.25) is 11.8 Å². The summed E-state index contributed by atoms with van der Waals surface area (Å²) < 4.78 is 42.4. The van der Waals surface area contributed by atoms with Crippen LogP contribution in [0, 0.1) is 5.82 Å². The average molecular weight is 475 g/mol. The molecule has 0 radical (unpaired) electrons. The first kappa shape index (κ1) is 24.9. The van der Waals surface area contributed by atoms with Gasteiger partial charge in [0.1, 0.15) is 11.9 Å². The number of alkyl halides is 2. The second kappa shape index (κ2) is 10.1. The predicted molar refractivity (Wildman–Crippen MR) is 116 cm³/mol. The number of benzene rings is 2. The summed E-state index contributed by atoms with van der Waals surface area (Å²) in [6.07, 6.45) is 0.350. The van der Waals surface area contributed by atoms with Gasteiger partial charge in [0, 0.05) is 25.1 Å². The summed E-state index contributed by atoms with van der Waals surface area (Å²) in [6.45, 7) is 3.86. The number of piperidine rings is 1. The molecule has 0 aromatic heterocycles. The molecule has 4 rings (SSSR count). The molecule has 2 aromatic carbocycles. The summed E-state index contributed by atoms with van der Waals surface area (Å²) in [6, 6.07) is 7.98. The minimum atomic E-state index is -4.05. The van der Waals surface area contributed by atoms with Gasteiger partial charge < -0.3 is 10.2 Å². The van der Waals surface area contributed by atoms with Crippen molar-refractivity contribution in [1.82, 2.24) is 15.5 Å². The van der Waals surface area contributed by atoms with Gasteiger partial charge in [0.05, 0.1) is 5.56 Å². The van der Waals surface area contributed by atoms with Crippen molar-refractivity contribution in [2.24, 2.45) is 0 Å². The fourth-order valence-electron chi connectivity index (χ4n) is 3.87. The molecule has 0 aliphatic carbocycles. The van der Waals surface area contributed by atoms with Crippen molar-refractivity contribution in [3.8, 4) is 0 Å². The number of carbonyl (C=O) groups is 4. The average Bonchev–Trinajstić information content (AvgIpc) is 3.14. The minimum absolute atomic E-state index is 0.119. The number of rotatable bonds is 5. The van der Waals surface area contributed by atoms with Crippen molar-refractivity contribution >= 4 is 23.6 Å². The zero-order chi connectivity index (χ0) is 25.0. The molecular weight excluding hydrogens is 451 g/mol. The molecular formula is C24H24F3N3O4. The van der Waals surface area contributed by atoms with Crippen LogP contribution in [0.3, 0.4) is 0 Å². The van der Waals surface area contributed by atoms with Gasteiger partial charge in [-0.1, -0.05) is 38.1 Å². The molecule has 10 heteroatoms. The van der Waals surface area contributed by atoms with E-state index in [1.165, 1.54) is 29.2 Å². The van der Waals surface area contributed by atoms with E-state index in [1.54, 1.807) is 6.07 Å². The Labute approximate surface area is 194 Å².